The standard InChI is InChI=1S/C23H29FN2O2S/c1-15-11-22(28-5)16(2)10-17(15)13-26-14-20(12-21(26)23(27)25(3)4)29-19-8-6-18(24)7-9-19/h6-11,20-21H,12-14H2,1-5H3/t20-,21+/m1/s1. The number of carbonyl (C=O) groups is 1. The number of hydrogen-bond donors (Lipinski definition) is 0. The molecule has 0 saturated carbocycles. The Morgan fingerprint density at radius 3 is 2.52 bits per heavy atom. The van der Waals surface area contributed by atoms with Crippen LogP contribution < -0.4 is 4.74 Å². The van der Waals surface area contributed by atoms with Gasteiger partial charge in [-0.2, -0.15) is 0 Å². The van der Waals surface area contributed by atoms with Gasteiger partial charge in [0.15, 0.2) is 0 Å². The third kappa shape index (κ3) is 5.11. The van der Waals surface area contributed by atoms with E-state index in [4.69, 9.17) is 4.74 Å². The molecule has 156 valence electrons. The molecule has 1 aliphatic rings. The van der Waals surface area contributed by atoms with Crippen LogP contribution >= 0.6 is 11.8 Å². The van der Waals surface area contributed by atoms with Crippen molar-refractivity contribution in [2.24, 2.45) is 0 Å². The highest BCUT2D eigenvalue weighted by Crippen LogP contribution is 2.35. The number of aryl methyl sites for hydroxylation is 2. The third-order valence-electron chi connectivity index (χ3n) is 5.43. The van der Waals surface area contributed by atoms with Gasteiger partial charge in [-0.05, 0) is 67.3 Å². The van der Waals surface area contributed by atoms with Crippen LogP contribution in [0.5, 0.6) is 5.75 Å². The zero-order valence-corrected chi connectivity index (χ0v) is 18.6. The maximum absolute atomic E-state index is 13.2. The van der Waals surface area contributed by atoms with Crippen LogP contribution in [0, 0.1) is 19.7 Å². The highest BCUT2D eigenvalue weighted by molar-refractivity contribution is 8.00. The summed E-state index contributed by atoms with van der Waals surface area (Å²) in [5.74, 6) is 0.793. The molecule has 0 spiro atoms. The molecular weight excluding hydrogens is 387 g/mol. The van der Waals surface area contributed by atoms with Crippen molar-refractivity contribution in [1.29, 1.82) is 0 Å². The third-order valence-corrected chi connectivity index (χ3v) is 6.65. The number of thioether (sulfide) groups is 1. The van der Waals surface area contributed by atoms with E-state index >= 15 is 0 Å². The minimum atomic E-state index is -0.228. The summed E-state index contributed by atoms with van der Waals surface area (Å²) in [6.45, 7) is 5.67. The van der Waals surface area contributed by atoms with Crippen LogP contribution in [0.3, 0.4) is 0 Å². The number of likely N-dealkylation sites (N-methyl/N-ethyl adjacent to an activating group) is 1. The molecule has 1 aliphatic heterocycles. The van der Waals surface area contributed by atoms with E-state index in [1.54, 1.807) is 23.8 Å². The molecule has 0 aliphatic carbocycles. The van der Waals surface area contributed by atoms with E-state index in [2.05, 4.69) is 24.0 Å². The monoisotopic (exact) mass is 416 g/mol. The van der Waals surface area contributed by atoms with Crippen molar-refractivity contribution in [2.45, 2.75) is 43.0 Å². The largest absolute Gasteiger partial charge is 0.496 e. The fourth-order valence-corrected chi connectivity index (χ4v) is 5.06. The molecular formula is C23H29FN2O2S. The fourth-order valence-electron chi connectivity index (χ4n) is 3.84. The molecule has 4 nitrogen and oxygen atoms in total. The number of hydrogen-bond acceptors (Lipinski definition) is 4. The molecule has 1 fully saturated rings. The molecule has 1 amide bonds. The van der Waals surface area contributed by atoms with Crippen LogP contribution in [0.2, 0.25) is 0 Å². The lowest BCUT2D eigenvalue weighted by molar-refractivity contribution is -0.133. The van der Waals surface area contributed by atoms with Crippen molar-refractivity contribution in [3.63, 3.8) is 0 Å². The van der Waals surface area contributed by atoms with Crippen molar-refractivity contribution in [3.05, 3.63) is 58.9 Å². The van der Waals surface area contributed by atoms with Gasteiger partial charge in [-0.1, -0.05) is 6.07 Å². The van der Waals surface area contributed by atoms with Gasteiger partial charge in [0.2, 0.25) is 5.91 Å². The number of methoxy groups -OCH3 is 1. The summed E-state index contributed by atoms with van der Waals surface area (Å²) in [7, 11) is 5.30. The molecule has 3 rings (SSSR count). The molecule has 2 aromatic rings. The Kier molecular flexibility index (Phi) is 6.85. The molecule has 6 heteroatoms. The second kappa shape index (κ2) is 9.18. The van der Waals surface area contributed by atoms with Gasteiger partial charge in [0.1, 0.15) is 11.6 Å². The first-order valence-electron chi connectivity index (χ1n) is 9.80. The van der Waals surface area contributed by atoms with Gasteiger partial charge in [-0.15, -0.1) is 11.8 Å². The van der Waals surface area contributed by atoms with Gasteiger partial charge in [0.05, 0.1) is 13.2 Å². The smallest absolute Gasteiger partial charge is 0.239 e. The maximum atomic E-state index is 13.2. The SMILES string of the molecule is COc1cc(C)c(CN2C[C@H](Sc3ccc(F)cc3)C[C@H]2C(=O)N(C)C)cc1C. The van der Waals surface area contributed by atoms with E-state index in [-0.39, 0.29) is 23.0 Å². The molecule has 0 radical (unpaired) electrons. The summed E-state index contributed by atoms with van der Waals surface area (Å²) in [5.41, 5.74) is 3.48. The minimum Gasteiger partial charge on any atom is -0.496 e. The van der Waals surface area contributed by atoms with Crippen LogP contribution in [-0.2, 0) is 11.3 Å². The van der Waals surface area contributed by atoms with E-state index in [0.29, 0.717) is 0 Å². The molecule has 0 unspecified atom stereocenters. The molecule has 0 bridgehead atoms. The van der Waals surface area contributed by atoms with Gasteiger partial charge in [-0.3, -0.25) is 9.69 Å². The molecule has 1 heterocycles. The normalized spacial score (nSPS) is 19.4. The van der Waals surface area contributed by atoms with Gasteiger partial charge >= 0.3 is 0 Å². The highest BCUT2D eigenvalue weighted by atomic mass is 32.2. The van der Waals surface area contributed by atoms with Crippen molar-refractivity contribution in [2.75, 3.05) is 27.7 Å². The summed E-state index contributed by atoms with van der Waals surface area (Å²) in [5, 5.41) is 0.286. The van der Waals surface area contributed by atoms with Crippen LogP contribution in [0.4, 0.5) is 4.39 Å². The Balaban J connectivity index is 1.80. The Morgan fingerprint density at radius 2 is 1.90 bits per heavy atom. The highest BCUT2D eigenvalue weighted by Gasteiger charge is 2.38. The number of benzene rings is 2. The van der Waals surface area contributed by atoms with Crippen LogP contribution in [-0.4, -0.2) is 54.7 Å². The Morgan fingerprint density at radius 1 is 1.21 bits per heavy atom. The van der Waals surface area contributed by atoms with E-state index < -0.39 is 0 Å². The first-order valence-corrected chi connectivity index (χ1v) is 10.7. The quantitative estimate of drug-likeness (QED) is 0.704. The van der Waals surface area contributed by atoms with Gasteiger partial charge in [-0.25, -0.2) is 4.39 Å². The lowest BCUT2D eigenvalue weighted by atomic mass is 10.0. The molecule has 0 N–H and O–H groups in total. The summed E-state index contributed by atoms with van der Waals surface area (Å²) < 4.78 is 18.6. The second-order valence-electron chi connectivity index (χ2n) is 7.86. The number of amides is 1. The number of carbonyl (C=O) groups excluding carboxylic acids is 1. The number of likely N-dealkylation sites (tertiary alicyclic amines) is 1. The van der Waals surface area contributed by atoms with Gasteiger partial charge in [0, 0.05) is 37.3 Å². The molecule has 2 atom stereocenters. The first-order chi connectivity index (χ1) is 13.8. The molecule has 0 aromatic heterocycles. The Bertz CT molecular complexity index is 870. The maximum Gasteiger partial charge on any atom is 0.239 e. The topological polar surface area (TPSA) is 32.8 Å². The van der Waals surface area contributed by atoms with E-state index in [0.717, 1.165) is 41.3 Å². The van der Waals surface area contributed by atoms with Crippen LogP contribution in [0.15, 0.2) is 41.3 Å². The molecule has 29 heavy (non-hydrogen) atoms. The summed E-state index contributed by atoms with van der Waals surface area (Å²) in [6.07, 6.45) is 0.785. The Labute approximate surface area is 177 Å². The van der Waals surface area contributed by atoms with Crippen molar-refractivity contribution >= 4 is 17.7 Å². The average molecular weight is 417 g/mol. The van der Waals surface area contributed by atoms with Crippen molar-refractivity contribution < 1.29 is 13.9 Å². The lowest BCUT2D eigenvalue weighted by Gasteiger charge is -2.26. The number of ether oxygens (including phenoxy) is 1. The molecule has 1 saturated heterocycles. The Hall–Kier alpha value is -2.05. The summed E-state index contributed by atoms with van der Waals surface area (Å²) in [6, 6.07) is 10.7. The average Bonchev–Trinajstić information content (AvgIpc) is 3.07. The van der Waals surface area contributed by atoms with E-state index in [9.17, 15) is 9.18 Å². The zero-order valence-electron chi connectivity index (χ0n) is 17.7. The fraction of sp³-hybridized carbons (Fsp3) is 0.435. The number of nitrogens with zero attached hydrogens (tertiary/aromatic N) is 2. The zero-order chi connectivity index (χ0) is 21.1. The van der Waals surface area contributed by atoms with Crippen LogP contribution in [0.25, 0.3) is 0 Å². The second-order valence-corrected chi connectivity index (χ2v) is 9.23. The van der Waals surface area contributed by atoms with E-state index in [1.165, 1.54) is 17.7 Å². The molecule has 2 aromatic carbocycles. The predicted octanol–water partition coefficient (Wildman–Crippen LogP) is 4.27. The summed E-state index contributed by atoms with van der Waals surface area (Å²) in [4.78, 5) is 17.8. The van der Waals surface area contributed by atoms with E-state index in [1.807, 2.05) is 33.2 Å². The van der Waals surface area contributed by atoms with Crippen molar-refractivity contribution in [3.8, 4) is 5.75 Å². The lowest BCUT2D eigenvalue weighted by Crippen LogP contribution is -2.42. The first kappa shape index (κ1) is 21.7. The predicted molar refractivity (Wildman–Crippen MR) is 116 cm³/mol. The number of halogens is 1. The number of rotatable bonds is 6. The summed E-state index contributed by atoms with van der Waals surface area (Å²) >= 11 is 1.72. The van der Waals surface area contributed by atoms with Gasteiger partial charge < -0.3 is 9.64 Å². The van der Waals surface area contributed by atoms with Crippen LogP contribution in [0.1, 0.15) is 23.1 Å². The minimum absolute atomic E-state index is 0.134. The van der Waals surface area contributed by atoms with Gasteiger partial charge in [0.25, 0.3) is 0 Å². The van der Waals surface area contributed by atoms with Crippen molar-refractivity contribution in [1.82, 2.24) is 9.80 Å².